The van der Waals surface area contributed by atoms with Crippen LogP contribution in [0.5, 0.6) is 0 Å². The summed E-state index contributed by atoms with van der Waals surface area (Å²) in [5.74, 6) is 1.64. The lowest BCUT2D eigenvalue weighted by Crippen LogP contribution is -2.09. The maximum absolute atomic E-state index is 5.91. The average molecular weight is 237 g/mol. The molecule has 2 rings (SSSR count). The van der Waals surface area contributed by atoms with Crippen LogP contribution in [-0.2, 0) is 0 Å². The van der Waals surface area contributed by atoms with Crippen LogP contribution in [0.1, 0.15) is 56.9 Å². The Morgan fingerprint density at radius 3 is 2.38 bits per heavy atom. The molecule has 0 bridgehead atoms. The first-order chi connectivity index (χ1) is 7.75. The number of rotatable bonds is 3. The van der Waals surface area contributed by atoms with E-state index in [4.69, 9.17) is 11.6 Å². The van der Waals surface area contributed by atoms with Crippen LogP contribution < -0.4 is 0 Å². The topological polar surface area (TPSA) is 0 Å². The SMILES string of the molecule is CC(CC1CCCCC1)c1ccc(Cl)cc1. The summed E-state index contributed by atoms with van der Waals surface area (Å²) in [5, 5.41) is 0.841. The Hall–Kier alpha value is -0.490. The van der Waals surface area contributed by atoms with E-state index in [0.29, 0.717) is 5.92 Å². The molecule has 1 unspecified atom stereocenters. The van der Waals surface area contributed by atoms with Crippen LogP contribution >= 0.6 is 11.6 Å². The summed E-state index contributed by atoms with van der Waals surface area (Å²) < 4.78 is 0. The molecule has 16 heavy (non-hydrogen) atoms. The van der Waals surface area contributed by atoms with E-state index in [1.807, 2.05) is 12.1 Å². The second kappa shape index (κ2) is 5.72. The van der Waals surface area contributed by atoms with Crippen molar-refractivity contribution < 1.29 is 0 Å². The lowest BCUT2D eigenvalue weighted by molar-refractivity contribution is 0.323. The van der Waals surface area contributed by atoms with Crippen molar-refractivity contribution in [1.82, 2.24) is 0 Å². The molecule has 1 aromatic rings. The Morgan fingerprint density at radius 1 is 1.12 bits per heavy atom. The summed E-state index contributed by atoms with van der Waals surface area (Å²) in [6.07, 6.45) is 8.57. The molecule has 88 valence electrons. The zero-order valence-electron chi connectivity index (χ0n) is 10.1. The highest BCUT2D eigenvalue weighted by Gasteiger charge is 2.17. The van der Waals surface area contributed by atoms with Crippen LogP contribution in [0, 0.1) is 5.92 Å². The lowest BCUT2D eigenvalue weighted by Gasteiger charge is -2.24. The fraction of sp³-hybridized carbons (Fsp3) is 0.600. The molecule has 0 amide bonds. The van der Waals surface area contributed by atoms with Gasteiger partial charge in [-0.25, -0.2) is 0 Å². The third-order valence-electron chi connectivity index (χ3n) is 3.85. The number of halogens is 1. The average Bonchev–Trinajstić information content (AvgIpc) is 2.31. The fourth-order valence-corrected chi connectivity index (χ4v) is 2.98. The molecular formula is C15H21Cl. The second-order valence-corrected chi connectivity index (χ2v) is 5.63. The van der Waals surface area contributed by atoms with Crippen molar-refractivity contribution in [3.8, 4) is 0 Å². The maximum Gasteiger partial charge on any atom is 0.0406 e. The van der Waals surface area contributed by atoms with Gasteiger partial charge in [-0.2, -0.15) is 0 Å². The highest BCUT2D eigenvalue weighted by molar-refractivity contribution is 6.30. The van der Waals surface area contributed by atoms with E-state index in [1.54, 1.807) is 0 Å². The minimum absolute atomic E-state index is 0.681. The fourth-order valence-electron chi connectivity index (χ4n) is 2.85. The van der Waals surface area contributed by atoms with Gasteiger partial charge in [0.1, 0.15) is 0 Å². The van der Waals surface area contributed by atoms with Gasteiger partial charge in [-0.05, 0) is 36.0 Å². The first-order valence-electron chi connectivity index (χ1n) is 6.51. The highest BCUT2D eigenvalue weighted by Crippen LogP contribution is 2.32. The van der Waals surface area contributed by atoms with Gasteiger partial charge in [-0.15, -0.1) is 0 Å². The molecule has 1 aromatic carbocycles. The van der Waals surface area contributed by atoms with Gasteiger partial charge in [0.25, 0.3) is 0 Å². The van der Waals surface area contributed by atoms with Crippen molar-refractivity contribution in [3.63, 3.8) is 0 Å². The second-order valence-electron chi connectivity index (χ2n) is 5.19. The van der Waals surface area contributed by atoms with Gasteiger partial charge in [-0.3, -0.25) is 0 Å². The molecule has 1 saturated carbocycles. The van der Waals surface area contributed by atoms with Gasteiger partial charge < -0.3 is 0 Å². The summed E-state index contributed by atoms with van der Waals surface area (Å²) in [6, 6.07) is 8.37. The number of hydrogen-bond donors (Lipinski definition) is 0. The maximum atomic E-state index is 5.91. The van der Waals surface area contributed by atoms with Crippen LogP contribution in [0.4, 0.5) is 0 Å². The van der Waals surface area contributed by atoms with E-state index < -0.39 is 0 Å². The Morgan fingerprint density at radius 2 is 1.75 bits per heavy atom. The van der Waals surface area contributed by atoms with Gasteiger partial charge in [0, 0.05) is 5.02 Å². The smallest absolute Gasteiger partial charge is 0.0406 e. The summed E-state index contributed by atoms with van der Waals surface area (Å²) >= 11 is 5.91. The summed E-state index contributed by atoms with van der Waals surface area (Å²) in [5.41, 5.74) is 1.44. The summed E-state index contributed by atoms with van der Waals surface area (Å²) in [4.78, 5) is 0. The van der Waals surface area contributed by atoms with Gasteiger partial charge in [-0.1, -0.05) is 62.8 Å². The van der Waals surface area contributed by atoms with Crippen LogP contribution in [0.25, 0.3) is 0 Å². The molecule has 1 fully saturated rings. The minimum atomic E-state index is 0.681. The molecule has 1 heteroatoms. The largest absolute Gasteiger partial charge is 0.0843 e. The third-order valence-corrected chi connectivity index (χ3v) is 4.10. The first-order valence-corrected chi connectivity index (χ1v) is 6.89. The van der Waals surface area contributed by atoms with Crippen LogP contribution in [0.15, 0.2) is 24.3 Å². The van der Waals surface area contributed by atoms with Crippen molar-refractivity contribution >= 4 is 11.6 Å². The van der Waals surface area contributed by atoms with E-state index in [1.165, 1.54) is 44.1 Å². The molecule has 0 radical (unpaired) electrons. The van der Waals surface area contributed by atoms with Crippen LogP contribution in [-0.4, -0.2) is 0 Å². The van der Waals surface area contributed by atoms with E-state index in [2.05, 4.69) is 19.1 Å². The van der Waals surface area contributed by atoms with Crippen LogP contribution in [0.2, 0.25) is 5.02 Å². The van der Waals surface area contributed by atoms with Crippen molar-refractivity contribution in [2.75, 3.05) is 0 Å². The molecule has 0 heterocycles. The van der Waals surface area contributed by atoms with E-state index in [9.17, 15) is 0 Å². The standard InChI is InChI=1S/C15H21Cl/c1-12(11-13-5-3-2-4-6-13)14-7-9-15(16)10-8-14/h7-10,12-13H,2-6,11H2,1H3. The molecular weight excluding hydrogens is 216 g/mol. The zero-order chi connectivity index (χ0) is 11.4. The van der Waals surface area contributed by atoms with Gasteiger partial charge in [0.2, 0.25) is 0 Å². The normalized spacial score (nSPS) is 19.6. The predicted octanol–water partition coefficient (Wildman–Crippen LogP) is 5.41. The summed E-state index contributed by atoms with van der Waals surface area (Å²) in [6.45, 7) is 2.35. The molecule has 1 aliphatic carbocycles. The van der Waals surface area contributed by atoms with Gasteiger partial charge in [0.05, 0.1) is 0 Å². The predicted molar refractivity (Wildman–Crippen MR) is 71.1 cm³/mol. The van der Waals surface area contributed by atoms with Crippen molar-refractivity contribution in [3.05, 3.63) is 34.9 Å². The molecule has 1 atom stereocenters. The molecule has 0 saturated heterocycles. The molecule has 0 aliphatic heterocycles. The van der Waals surface area contributed by atoms with Crippen molar-refractivity contribution in [2.45, 2.75) is 51.4 Å². The Labute approximate surface area is 104 Å². The van der Waals surface area contributed by atoms with E-state index in [0.717, 1.165) is 10.9 Å². The molecule has 0 spiro atoms. The Bertz CT molecular complexity index is 309. The number of hydrogen-bond acceptors (Lipinski definition) is 0. The summed E-state index contributed by atoms with van der Waals surface area (Å²) in [7, 11) is 0. The van der Waals surface area contributed by atoms with Crippen LogP contribution in [0.3, 0.4) is 0 Å². The molecule has 0 aromatic heterocycles. The molecule has 0 N–H and O–H groups in total. The zero-order valence-corrected chi connectivity index (χ0v) is 10.8. The monoisotopic (exact) mass is 236 g/mol. The van der Waals surface area contributed by atoms with Gasteiger partial charge in [0.15, 0.2) is 0 Å². The van der Waals surface area contributed by atoms with E-state index in [-0.39, 0.29) is 0 Å². The lowest BCUT2D eigenvalue weighted by atomic mass is 9.81. The quantitative estimate of drug-likeness (QED) is 0.658. The van der Waals surface area contributed by atoms with Crippen molar-refractivity contribution in [2.24, 2.45) is 5.92 Å². The third kappa shape index (κ3) is 3.25. The Balaban J connectivity index is 1.91. The number of benzene rings is 1. The molecule has 0 nitrogen and oxygen atoms in total. The highest BCUT2D eigenvalue weighted by atomic mass is 35.5. The minimum Gasteiger partial charge on any atom is -0.0843 e. The Kier molecular flexibility index (Phi) is 4.29. The molecule has 1 aliphatic rings. The van der Waals surface area contributed by atoms with E-state index >= 15 is 0 Å². The van der Waals surface area contributed by atoms with Crippen molar-refractivity contribution in [1.29, 1.82) is 0 Å². The first kappa shape index (κ1) is 12.0. The van der Waals surface area contributed by atoms with Gasteiger partial charge >= 0.3 is 0 Å².